The number of halogens is 3. The van der Waals surface area contributed by atoms with E-state index in [0.717, 1.165) is 6.42 Å². The second kappa shape index (κ2) is 9.68. The molecule has 2 heterocycles. The Kier molecular flexibility index (Phi) is 7.17. The maximum atomic E-state index is 13.3. The van der Waals surface area contributed by atoms with E-state index in [1.165, 1.54) is 21.7 Å². The molecule has 32 heavy (non-hydrogen) atoms. The van der Waals surface area contributed by atoms with Gasteiger partial charge in [0.1, 0.15) is 5.75 Å². The van der Waals surface area contributed by atoms with Crippen LogP contribution in [0.2, 0.25) is 0 Å². The summed E-state index contributed by atoms with van der Waals surface area (Å²) in [6, 6.07) is 7.92. The summed E-state index contributed by atoms with van der Waals surface area (Å²) in [6.45, 7) is 2.57. The summed E-state index contributed by atoms with van der Waals surface area (Å²) in [6.07, 6.45) is -2.43. The number of carbonyl (C=O) groups is 1. The molecule has 0 aliphatic carbocycles. The molecular formula is C21H23F3N4O3S. The predicted molar refractivity (Wildman–Crippen MR) is 114 cm³/mol. The van der Waals surface area contributed by atoms with Crippen LogP contribution < -0.4 is 4.74 Å². The fourth-order valence-corrected chi connectivity index (χ4v) is 4.40. The number of benzene rings is 1. The highest BCUT2D eigenvalue weighted by molar-refractivity contribution is 7.84. The monoisotopic (exact) mass is 468 g/mol. The minimum atomic E-state index is -4.48. The molecule has 1 atom stereocenters. The number of nitrogens with zero attached hydrogens (tertiary/aromatic N) is 4. The fourth-order valence-electron chi connectivity index (χ4n) is 3.15. The number of ether oxygens (including phenoxy) is 1. The summed E-state index contributed by atoms with van der Waals surface area (Å²) >= 11 is 0. The van der Waals surface area contributed by atoms with Crippen molar-refractivity contribution in [3.8, 4) is 5.75 Å². The van der Waals surface area contributed by atoms with Gasteiger partial charge < -0.3 is 9.64 Å². The van der Waals surface area contributed by atoms with Crippen LogP contribution in [-0.2, 0) is 16.6 Å². The van der Waals surface area contributed by atoms with Crippen molar-refractivity contribution in [3.63, 3.8) is 0 Å². The molecule has 3 rings (SSSR count). The number of rotatable bonds is 7. The number of imidazole rings is 1. The van der Waals surface area contributed by atoms with Crippen LogP contribution in [0.25, 0.3) is 11.0 Å². The lowest BCUT2D eigenvalue weighted by atomic mass is 10.2. The van der Waals surface area contributed by atoms with Crippen LogP contribution in [0.3, 0.4) is 0 Å². The van der Waals surface area contributed by atoms with Gasteiger partial charge in [-0.1, -0.05) is 19.1 Å². The van der Waals surface area contributed by atoms with E-state index < -0.39 is 23.6 Å². The van der Waals surface area contributed by atoms with Crippen molar-refractivity contribution in [1.82, 2.24) is 19.4 Å². The van der Waals surface area contributed by atoms with Crippen LogP contribution >= 0.6 is 0 Å². The second-order valence-corrected chi connectivity index (χ2v) is 8.54. The molecule has 1 aromatic carbocycles. The second-order valence-electron chi connectivity index (χ2n) is 7.20. The van der Waals surface area contributed by atoms with Gasteiger partial charge in [0.25, 0.3) is 0 Å². The Labute approximate surface area is 185 Å². The minimum Gasteiger partial charge on any atom is -0.484 e. The molecule has 0 aliphatic heterocycles. The van der Waals surface area contributed by atoms with Gasteiger partial charge in [-0.15, -0.1) is 0 Å². The molecule has 172 valence electrons. The largest absolute Gasteiger partial charge is 0.484 e. The summed E-state index contributed by atoms with van der Waals surface area (Å²) < 4.78 is 57.0. The van der Waals surface area contributed by atoms with Crippen LogP contribution in [0.1, 0.15) is 24.6 Å². The molecule has 0 bridgehead atoms. The number of hydrogen-bond donors (Lipinski definition) is 0. The zero-order chi connectivity index (χ0) is 23.5. The maximum absolute atomic E-state index is 13.3. The Morgan fingerprint density at radius 2 is 1.97 bits per heavy atom. The molecule has 0 unspecified atom stereocenters. The molecule has 2 aromatic heterocycles. The summed E-state index contributed by atoms with van der Waals surface area (Å²) in [5.74, 6) is -0.125. The van der Waals surface area contributed by atoms with E-state index in [0.29, 0.717) is 28.8 Å². The molecule has 0 saturated carbocycles. The molecule has 7 nitrogen and oxygen atoms in total. The summed E-state index contributed by atoms with van der Waals surface area (Å²) in [5.41, 5.74) is 1.69. The lowest BCUT2D eigenvalue weighted by Gasteiger charge is -2.18. The van der Waals surface area contributed by atoms with Gasteiger partial charge in [0.05, 0.1) is 33.3 Å². The number of amides is 1. The summed E-state index contributed by atoms with van der Waals surface area (Å²) in [5, 5.41) is 0.0574. The Morgan fingerprint density at radius 1 is 1.25 bits per heavy atom. The van der Waals surface area contributed by atoms with E-state index in [1.807, 2.05) is 6.92 Å². The predicted octanol–water partition coefficient (Wildman–Crippen LogP) is 4.30. The average Bonchev–Trinajstić information content (AvgIpc) is 3.13. The van der Waals surface area contributed by atoms with E-state index in [4.69, 9.17) is 4.74 Å². The maximum Gasteiger partial charge on any atom is 0.422 e. The van der Waals surface area contributed by atoms with Crippen molar-refractivity contribution in [3.05, 3.63) is 47.8 Å². The van der Waals surface area contributed by atoms with Crippen LogP contribution in [0.15, 0.2) is 41.7 Å². The van der Waals surface area contributed by atoms with Gasteiger partial charge in [-0.2, -0.15) is 13.2 Å². The van der Waals surface area contributed by atoms with Crippen LogP contribution in [-0.4, -0.2) is 56.1 Å². The lowest BCUT2D eigenvalue weighted by molar-refractivity contribution is -0.153. The molecule has 1 amide bonds. The van der Waals surface area contributed by atoms with Crippen molar-refractivity contribution in [1.29, 1.82) is 0 Å². The molecule has 0 saturated heterocycles. The number of para-hydroxylation sites is 2. The van der Waals surface area contributed by atoms with Gasteiger partial charge in [0, 0.05) is 25.4 Å². The third-order valence-electron chi connectivity index (χ3n) is 4.73. The number of hydrogen-bond acceptors (Lipinski definition) is 5. The molecule has 0 radical (unpaired) electrons. The molecule has 11 heteroatoms. The number of carbonyl (C=O) groups excluding carboxylic acids is 1. The molecule has 0 fully saturated rings. The van der Waals surface area contributed by atoms with Gasteiger partial charge in [0.15, 0.2) is 6.61 Å². The van der Waals surface area contributed by atoms with Crippen molar-refractivity contribution < 1.29 is 26.9 Å². The highest BCUT2D eigenvalue weighted by atomic mass is 32.2. The third kappa shape index (κ3) is 5.26. The summed E-state index contributed by atoms with van der Waals surface area (Å²) in [7, 11) is -0.142. The number of pyridine rings is 1. The normalized spacial score (nSPS) is 12.7. The molecular weight excluding hydrogens is 445 g/mol. The Morgan fingerprint density at radius 3 is 2.66 bits per heavy atom. The van der Waals surface area contributed by atoms with E-state index in [1.54, 1.807) is 38.2 Å². The number of aromatic nitrogens is 3. The van der Waals surface area contributed by atoms with Crippen molar-refractivity contribution in [2.75, 3.05) is 20.2 Å². The zero-order valence-electron chi connectivity index (χ0n) is 17.8. The Balaban J connectivity index is 1.94. The van der Waals surface area contributed by atoms with Gasteiger partial charge >= 0.3 is 12.2 Å². The first-order valence-electron chi connectivity index (χ1n) is 9.87. The first-order valence-corrected chi connectivity index (χ1v) is 11.2. The van der Waals surface area contributed by atoms with E-state index in [-0.39, 0.29) is 22.7 Å². The third-order valence-corrected chi connectivity index (χ3v) is 5.95. The van der Waals surface area contributed by atoms with Gasteiger partial charge in [-0.3, -0.25) is 9.19 Å². The molecule has 3 aromatic rings. The SMILES string of the molecule is CCCN(C)C(=O)n1c([S@](=O)Cc2nccc(OCC(F)(F)F)c2C)nc2ccccc21. The fraction of sp³-hybridized carbons (Fsp3) is 0.381. The first-order chi connectivity index (χ1) is 15.1. The molecule has 0 aliphatic rings. The summed E-state index contributed by atoms with van der Waals surface area (Å²) in [4.78, 5) is 23.1. The average molecular weight is 469 g/mol. The Bertz CT molecular complexity index is 1150. The molecule has 0 spiro atoms. The van der Waals surface area contributed by atoms with E-state index >= 15 is 0 Å². The van der Waals surface area contributed by atoms with Crippen molar-refractivity contribution >= 4 is 27.9 Å². The highest BCUT2D eigenvalue weighted by Gasteiger charge is 2.29. The van der Waals surface area contributed by atoms with Crippen LogP contribution in [0.4, 0.5) is 18.0 Å². The van der Waals surface area contributed by atoms with Crippen molar-refractivity contribution in [2.45, 2.75) is 37.4 Å². The van der Waals surface area contributed by atoms with Gasteiger partial charge in [0.2, 0.25) is 5.16 Å². The van der Waals surface area contributed by atoms with E-state index in [9.17, 15) is 22.2 Å². The van der Waals surface area contributed by atoms with E-state index in [2.05, 4.69) is 9.97 Å². The quantitative estimate of drug-likeness (QED) is 0.517. The standard InChI is InChI=1S/C21H23F3N4O3S/c1-4-11-27(3)20(29)28-17-8-6-5-7-15(17)26-19(28)32(30)12-16-14(2)18(9-10-25-16)31-13-21(22,23)24/h5-10H,4,11-13H2,1-3H3/t32-/m1/s1. The minimum absolute atomic E-state index is 0.0107. The topological polar surface area (TPSA) is 77.3 Å². The number of fused-ring (bicyclic) bond motifs is 1. The first kappa shape index (κ1) is 23.7. The number of alkyl halides is 3. The molecule has 0 N–H and O–H groups in total. The van der Waals surface area contributed by atoms with Gasteiger partial charge in [-0.25, -0.2) is 14.3 Å². The zero-order valence-corrected chi connectivity index (χ0v) is 18.7. The van der Waals surface area contributed by atoms with Crippen molar-refractivity contribution in [2.24, 2.45) is 0 Å². The lowest BCUT2D eigenvalue weighted by Crippen LogP contribution is -2.33. The van der Waals surface area contributed by atoms with Gasteiger partial charge in [-0.05, 0) is 31.5 Å². The van der Waals surface area contributed by atoms with Crippen LogP contribution in [0.5, 0.6) is 5.75 Å². The highest BCUT2D eigenvalue weighted by Crippen LogP contribution is 2.26. The van der Waals surface area contributed by atoms with Crippen LogP contribution in [0, 0.1) is 6.92 Å². The smallest absolute Gasteiger partial charge is 0.422 e. The Hall–Kier alpha value is -2.95.